The van der Waals surface area contributed by atoms with Crippen LogP contribution in [0.25, 0.3) is 6.08 Å². The molecule has 1 rings (SSSR count). The lowest BCUT2D eigenvalue weighted by molar-refractivity contribution is 0.217. The Bertz CT molecular complexity index is 455. The Kier molecular flexibility index (Phi) is 7.45. The van der Waals surface area contributed by atoms with Gasteiger partial charge in [-0.05, 0) is 24.1 Å². The molecule has 0 aliphatic carbocycles. The van der Waals surface area contributed by atoms with Crippen LogP contribution < -0.4 is 0 Å². The summed E-state index contributed by atoms with van der Waals surface area (Å²) in [6.45, 7) is 2.12. The second kappa shape index (κ2) is 8.58. The summed E-state index contributed by atoms with van der Waals surface area (Å²) >= 11 is 6.97. The highest BCUT2D eigenvalue weighted by atomic mass is 79.9. The van der Waals surface area contributed by atoms with E-state index in [-0.39, 0.29) is 0 Å². The second-order valence-corrected chi connectivity index (χ2v) is 8.19. The number of aliphatic hydroxyl groups is 1. The molecular formula is C16H18Br2O. The van der Waals surface area contributed by atoms with E-state index in [1.807, 2.05) is 36.4 Å². The Hall–Kier alpha value is -0.560. The molecule has 0 spiro atoms. The summed E-state index contributed by atoms with van der Waals surface area (Å²) in [5.41, 5.74) is 1.10. The van der Waals surface area contributed by atoms with Crippen LogP contribution in [0.1, 0.15) is 31.7 Å². The number of unbranched alkanes of at least 4 members (excludes halogenated alkanes) is 1. The fraction of sp³-hybridized carbons (Fsp3) is 0.375. The third kappa shape index (κ3) is 6.42. The Morgan fingerprint density at radius 3 is 2.63 bits per heavy atom. The predicted molar refractivity (Wildman–Crippen MR) is 89.4 cm³/mol. The van der Waals surface area contributed by atoms with Crippen molar-refractivity contribution in [3.05, 3.63) is 42.0 Å². The van der Waals surface area contributed by atoms with Crippen molar-refractivity contribution in [1.82, 2.24) is 0 Å². The number of hydrogen-bond donors (Lipinski definition) is 1. The summed E-state index contributed by atoms with van der Waals surface area (Å²) in [5, 5.41) is 10.00. The molecule has 3 heteroatoms. The molecule has 1 atom stereocenters. The van der Waals surface area contributed by atoms with Gasteiger partial charge in [0.15, 0.2) is 0 Å². The minimum Gasteiger partial charge on any atom is -0.378 e. The van der Waals surface area contributed by atoms with Crippen LogP contribution in [0, 0.1) is 11.8 Å². The average Bonchev–Trinajstić information content (AvgIpc) is 2.42. The number of rotatable bonds is 5. The van der Waals surface area contributed by atoms with Crippen LogP contribution >= 0.6 is 31.9 Å². The van der Waals surface area contributed by atoms with Gasteiger partial charge in [-0.3, -0.25) is 0 Å². The smallest absolute Gasteiger partial charge is 0.140 e. The zero-order valence-corrected chi connectivity index (χ0v) is 14.1. The van der Waals surface area contributed by atoms with Crippen molar-refractivity contribution in [3.63, 3.8) is 0 Å². The SMILES string of the molecule is CCCCC(Br)(Br)C(O)C#C/C=C/c1ccccc1. The monoisotopic (exact) mass is 384 g/mol. The summed E-state index contributed by atoms with van der Waals surface area (Å²) in [6.07, 6.45) is 5.91. The minimum absolute atomic E-state index is 0.510. The van der Waals surface area contributed by atoms with Gasteiger partial charge in [0.25, 0.3) is 0 Å². The zero-order chi connectivity index (χ0) is 14.1. The van der Waals surface area contributed by atoms with Gasteiger partial charge in [0.05, 0.1) is 0 Å². The van der Waals surface area contributed by atoms with Gasteiger partial charge in [0.2, 0.25) is 0 Å². The third-order valence-electron chi connectivity index (χ3n) is 2.64. The number of halogens is 2. The average molecular weight is 386 g/mol. The van der Waals surface area contributed by atoms with E-state index in [0.717, 1.165) is 24.8 Å². The molecule has 1 aromatic rings. The van der Waals surface area contributed by atoms with E-state index in [0.29, 0.717) is 0 Å². The largest absolute Gasteiger partial charge is 0.378 e. The molecule has 0 aromatic heterocycles. The Morgan fingerprint density at radius 2 is 2.00 bits per heavy atom. The highest BCUT2D eigenvalue weighted by Gasteiger charge is 2.30. The van der Waals surface area contributed by atoms with Gasteiger partial charge in [-0.1, -0.05) is 93.8 Å². The molecule has 0 heterocycles. The van der Waals surface area contributed by atoms with Crippen LogP contribution in [0.3, 0.4) is 0 Å². The molecule has 1 aromatic carbocycles. The molecule has 0 radical (unpaired) electrons. The van der Waals surface area contributed by atoms with Crippen molar-refractivity contribution in [1.29, 1.82) is 0 Å². The second-order valence-electron chi connectivity index (χ2n) is 4.30. The van der Waals surface area contributed by atoms with Gasteiger partial charge >= 0.3 is 0 Å². The fourth-order valence-corrected chi connectivity index (χ4v) is 2.27. The summed E-state index contributed by atoms with van der Waals surface area (Å²) < 4.78 is -0.510. The molecule has 1 unspecified atom stereocenters. The highest BCUT2D eigenvalue weighted by molar-refractivity contribution is 9.25. The lowest BCUT2D eigenvalue weighted by atomic mass is 10.1. The third-order valence-corrected chi connectivity index (χ3v) is 4.30. The summed E-state index contributed by atoms with van der Waals surface area (Å²) in [4.78, 5) is 0. The number of aliphatic hydroxyl groups excluding tert-OH is 1. The molecule has 0 saturated carbocycles. The standard InChI is InChI=1S/C16H18Br2O/c1-2-3-13-16(17,18)15(19)12-8-7-11-14-9-5-4-6-10-14/h4-7,9-11,15,19H,2-3,13H2,1H3/b11-7+. The molecule has 0 fully saturated rings. The quantitative estimate of drug-likeness (QED) is 0.573. The van der Waals surface area contributed by atoms with Crippen LogP contribution in [0.15, 0.2) is 36.4 Å². The van der Waals surface area contributed by atoms with E-state index >= 15 is 0 Å². The molecule has 0 aliphatic rings. The summed E-state index contributed by atoms with van der Waals surface area (Å²) in [6, 6.07) is 9.96. The van der Waals surface area contributed by atoms with E-state index in [1.165, 1.54) is 0 Å². The maximum absolute atomic E-state index is 10.00. The van der Waals surface area contributed by atoms with Crippen molar-refractivity contribution >= 4 is 37.9 Å². The maximum Gasteiger partial charge on any atom is 0.140 e. The van der Waals surface area contributed by atoms with Crippen molar-refractivity contribution in [2.24, 2.45) is 0 Å². The van der Waals surface area contributed by atoms with Gasteiger partial charge in [-0.2, -0.15) is 0 Å². The molecule has 19 heavy (non-hydrogen) atoms. The highest BCUT2D eigenvalue weighted by Crippen LogP contribution is 2.35. The topological polar surface area (TPSA) is 20.2 Å². The molecule has 0 bridgehead atoms. The summed E-state index contributed by atoms with van der Waals surface area (Å²) in [7, 11) is 0. The minimum atomic E-state index is -0.737. The van der Waals surface area contributed by atoms with Gasteiger partial charge in [0.1, 0.15) is 9.34 Å². The van der Waals surface area contributed by atoms with Crippen LogP contribution in [0.5, 0.6) is 0 Å². The molecule has 102 valence electrons. The van der Waals surface area contributed by atoms with Crippen molar-refractivity contribution in [2.75, 3.05) is 0 Å². The molecule has 0 amide bonds. The normalized spacial score (nSPS) is 13.1. The van der Waals surface area contributed by atoms with Crippen molar-refractivity contribution in [2.45, 2.75) is 35.5 Å². The van der Waals surface area contributed by atoms with Gasteiger partial charge in [-0.15, -0.1) is 0 Å². The van der Waals surface area contributed by atoms with E-state index in [2.05, 4.69) is 50.6 Å². The first kappa shape index (κ1) is 16.5. The molecule has 1 N–H and O–H groups in total. The first-order valence-corrected chi connectivity index (χ1v) is 7.93. The number of hydrogen-bond acceptors (Lipinski definition) is 1. The number of benzene rings is 1. The Labute approximate surface area is 132 Å². The Balaban J connectivity index is 2.55. The summed E-state index contributed by atoms with van der Waals surface area (Å²) in [5.74, 6) is 5.70. The van der Waals surface area contributed by atoms with Crippen LogP contribution in [0.4, 0.5) is 0 Å². The molecular weight excluding hydrogens is 368 g/mol. The molecule has 0 saturated heterocycles. The van der Waals surface area contributed by atoms with Gasteiger partial charge in [-0.25, -0.2) is 0 Å². The van der Waals surface area contributed by atoms with Gasteiger partial charge < -0.3 is 5.11 Å². The number of alkyl halides is 2. The van der Waals surface area contributed by atoms with E-state index in [4.69, 9.17) is 0 Å². The lowest BCUT2D eigenvalue weighted by Crippen LogP contribution is -2.28. The van der Waals surface area contributed by atoms with Gasteiger partial charge in [0, 0.05) is 0 Å². The lowest BCUT2D eigenvalue weighted by Gasteiger charge is -2.22. The zero-order valence-electron chi connectivity index (χ0n) is 10.9. The first-order chi connectivity index (χ1) is 9.06. The predicted octanol–water partition coefficient (Wildman–Crippen LogP) is 4.74. The van der Waals surface area contributed by atoms with E-state index in [9.17, 15) is 5.11 Å². The van der Waals surface area contributed by atoms with E-state index in [1.54, 1.807) is 6.08 Å². The number of allylic oxidation sites excluding steroid dienone is 1. The fourth-order valence-electron chi connectivity index (χ4n) is 1.48. The Morgan fingerprint density at radius 1 is 1.32 bits per heavy atom. The van der Waals surface area contributed by atoms with E-state index < -0.39 is 9.34 Å². The first-order valence-electron chi connectivity index (χ1n) is 6.35. The van der Waals surface area contributed by atoms with Crippen LogP contribution in [-0.4, -0.2) is 14.4 Å². The molecule has 1 nitrogen and oxygen atoms in total. The van der Waals surface area contributed by atoms with Crippen molar-refractivity contribution in [3.8, 4) is 11.8 Å². The van der Waals surface area contributed by atoms with Crippen LogP contribution in [-0.2, 0) is 0 Å². The molecule has 0 aliphatic heterocycles. The van der Waals surface area contributed by atoms with Crippen LogP contribution in [0.2, 0.25) is 0 Å². The maximum atomic E-state index is 10.00. The van der Waals surface area contributed by atoms with Crippen molar-refractivity contribution < 1.29 is 5.11 Å².